The van der Waals surface area contributed by atoms with Gasteiger partial charge in [0.15, 0.2) is 5.78 Å². The third kappa shape index (κ3) is 2.64. The Bertz CT molecular complexity index is 353. The van der Waals surface area contributed by atoms with Gasteiger partial charge in [0.2, 0.25) is 0 Å². The van der Waals surface area contributed by atoms with Crippen LogP contribution in [0.15, 0.2) is 12.1 Å². The molecule has 2 nitrogen and oxygen atoms in total. The molecular weight excluding hydrogens is 218 g/mol. The zero-order valence-corrected chi connectivity index (χ0v) is 10.7. The van der Waals surface area contributed by atoms with Crippen LogP contribution in [-0.2, 0) is 0 Å². The standard InChI is InChI=1S/C13H19NOS/c1-2-3-6-11(15)12-7-8-13(16-12)14-9-4-5-10-14/h7-8H,2-6,9-10H2,1H3. The molecule has 0 radical (unpaired) electrons. The molecule has 1 aliphatic heterocycles. The summed E-state index contributed by atoms with van der Waals surface area (Å²) in [6.45, 7) is 4.43. The van der Waals surface area contributed by atoms with E-state index in [2.05, 4.69) is 17.9 Å². The number of rotatable bonds is 5. The smallest absolute Gasteiger partial charge is 0.172 e. The molecular formula is C13H19NOS. The lowest BCUT2D eigenvalue weighted by Crippen LogP contribution is -2.15. The second-order valence-electron chi connectivity index (χ2n) is 4.36. The maximum Gasteiger partial charge on any atom is 0.172 e. The molecule has 0 unspecified atom stereocenters. The minimum absolute atomic E-state index is 0.317. The van der Waals surface area contributed by atoms with Gasteiger partial charge in [0.1, 0.15) is 0 Å². The first-order valence-corrected chi connectivity index (χ1v) is 7.01. The lowest BCUT2D eigenvalue weighted by atomic mass is 10.1. The van der Waals surface area contributed by atoms with E-state index in [-0.39, 0.29) is 0 Å². The molecule has 2 heterocycles. The molecule has 16 heavy (non-hydrogen) atoms. The molecule has 0 atom stereocenters. The van der Waals surface area contributed by atoms with Crippen LogP contribution in [0.5, 0.6) is 0 Å². The molecule has 0 bridgehead atoms. The summed E-state index contributed by atoms with van der Waals surface area (Å²) in [4.78, 5) is 15.2. The molecule has 0 saturated carbocycles. The molecule has 0 aromatic carbocycles. The lowest BCUT2D eigenvalue weighted by Gasteiger charge is -2.13. The van der Waals surface area contributed by atoms with Crippen LogP contribution >= 0.6 is 11.3 Å². The van der Waals surface area contributed by atoms with Crippen LogP contribution in [0.4, 0.5) is 5.00 Å². The van der Waals surface area contributed by atoms with Crippen molar-refractivity contribution in [3.05, 3.63) is 17.0 Å². The summed E-state index contributed by atoms with van der Waals surface area (Å²) in [6.07, 6.45) is 5.39. The first kappa shape index (κ1) is 11.6. The van der Waals surface area contributed by atoms with Crippen molar-refractivity contribution in [2.45, 2.75) is 39.0 Å². The summed E-state index contributed by atoms with van der Waals surface area (Å²) in [6, 6.07) is 4.10. The average Bonchev–Trinajstić information content (AvgIpc) is 2.94. The third-order valence-corrected chi connectivity index (χ3v) is 4.23. The van der Waals surface area contributed by atoms with Crippen LogP contribution in [0.25, 0.3) is 0 Å². The van der Waals surface area contributed by atoms with E-state index in [0.29, 0.717) is 12.2 Å². The van der Waals surface area contributed by atoms with E-state index in [1.807, 2.05) is 6.07 Å². The number of nitrogens with zero attached hydrogens (tertiary/aromatic N) is 1. The van der Waals surface area contributed by atoms with E-state index in [1.165, 1.54) is 17.8 Å². The molecule has 1 aliphatic rings. The Morgan fingerprint density at radius 1 is 1.38 bits per heavy atom. The molecule has 3 heteroatoms. The number of anilines is 1. The second kappa shape index (κ2) is 5.48. The van der Waals surface area contributed by atoms with E-state index in [9.17, 15) is 4.79 Å². The van der Waals surface area contributed by atoms with Crippen LogP contribution in [0, 0.1) is 0 Å². The van der Waals surface area contributed by atoms with E-state index in [0.717, 1.165) is 30.8 Å². The first-order valence-electron chi connectivity index (χ1n) is 6.19. The SMILES string of the molecule is CCCCC(=O)c1ccc(N2CCCC2)s1. The Morgan fingerprint density at radius 3 is 2.81 bits per heavy atom. The van der Waals surface area contributed by atoms with Gasteiger partial charge < -0.3 is 4.90 Å². The van der Waals surface area contributed by atoms with E-state index in [1.54, 1.807) is 11.3 Å². The summed E-state index contributed by atoms with van der Waals surface area (Å²) in [5.41, 5.74) is 0. The maximum atomic E-state index is 11.8. The van der Waals surface area contributed by atoms with Crippen molar-refractivity contribution in [2.24, 2.45) is 0 Å². The summed E-state index contributed by atoms with van der Waals surface area (Å²) in [7, 11) is 0. The van der Waals surface area contributed by atoms with Crippen molar-refractivity contribution in [3.8, 4) is 0 Å². The normalized spacial score (nSPS) is 15.7. The topological polar surface area (TPSA) is 20.3 Å². The fourth-order valence-electron chi connectivity index (χ4n) is 2.05. The Morgan fingerprint density at radius 2 is 2.12 bits per heavy atom. The van der Waals surface area contributed by atoms with Crippen molar-refractivity contribution in [2.75, 3.05) is 18.0 Å². The highest BCUT2D eigenvalue weighted by Gasteiger charge is 2.16. The van der Waals surface area contributed by atoms with Gasteiger partial charge in [-0.3, -0.25) is 4.79 Å². The zero-order chi connectivity index (χ0) is 11.4. The van der Waals surface area contributed by atoms with Crippen LogP contribution in [-0.4, -0.2) is 18.9 Å². The third-order valence-electron chi connectivity index (χ3n) is 3.04. The van der Waals surface area contributed by atoms with Crippen molar-refractivity contribution in [1.29, 1.82) is 0 Å². The molecule has 0 N–H and O–H groups in total. The van der Waals surface area contributed by atoms with Crippen LogP contribution in [0.3, 0.4) is 0 Å². The van der Waals surface area contributed by atoms with Gasteiger partial charge in [0.05, 0.1) is 9.88 Å². The first-order chi connectivity index (χ1) is 7.81. The average molecular weight is 237 g/mol. The number of carbonyl (C=O) groups excluding carboxylic acids is 1. The molecule has 1 saturated heterocycles. The van der Waals surface area contributed by atoms with Crippen LogP contribution in [0.2, 0.25) is 0 Å². The highest BCUT2D eigenvalue weighted by Crippen LogP contribution is 2.29. The fourth-order valence-corrected chi connectivity index (χ4v) is 3.07. The van der Waals surface area contributed by atoms with Gasteiger partial charge >= 0.3 is 0 Å². The molecule has 0 aliphatic carbocycles. The van der Waals surface area contributed by atoms with Gasteiger partial charge in [-0.05, 0) is 31.4 Å². The highest BCUT2D eigenvalue weighted by atomic mass is 32.1. The van der Waals surface area contributed by atoms with Gasteiger partial charge in [-0.25, -0.2) is 0 Å². The number of hydrogen-bond acceptors (Lipinski definition) is 3. The summed E-state index contributed by atoms with van der Waals surface area (Å²) in [5, 5.41) is 1.28. The van der Waals surface area contributed by atoms with E-state index in [4.69, 9.17) is 0 Å². The Hall–Kier alpha value is -0.830. The Labute approximate surface area is 101 Å². The van der Waals surface area contributed by atoms with Gasteiger partial charge in [0, 0.05) is 19.5 Å². The zero-order valence-electron chi connectivity index (χ0n) is 9.87. The molecule has 88 valence electrons. The molecule has 0 amide bonds. The predicted molar refractivity (Wildman–Crippen MR) is 69.6 cm³/mol. The highest BCUT2D eigenvalue weighted by molar-refractivity contribution is 7.18. The number of ketones is 1. The minimum atomic E-state index is 0.317. The molecule has 1 aromatic heterocycles. The predicted octanol–water partition coefficient (Wildman–Crippen LogP) is 3.72. The number of Topliss-reactive ketones (excluding diaryl/α,β-unsaturated/α-hetero) is 1. The number of hydrogen-bond donors (Lipinski definition) is 0. The molecule has 1 aromatic rings. The van der Waals surface area contributed by atoms with Crippen LogP contribution < -0.4 is 4.90 Å². The summed E-state index contributed by atoms with van der Waals surface area (Å²) < 4.78 is 0. The lowest BCUT2D eigenvalue weighted by molar-refractivity contribution is 0.0983. The summed E-state index contributed by atoms with van der Waals surface area (Å²) in [5.74, 6) is 0.317. The Balaban J connectivity index is 1.98. The summed E-state index contributed by atoms with van der Waals surface area (Å²) >= 11 is 1.67. The number of unbranched alkanes of at least 4 members (excludes halogenated alkanes) is 1. The number of carbonyl (C=O) groups is 1. The van der Waals surface area contributed by atoms with Gasteiger partial charge in [-0.15, -0.1) is 11.3 Å². The monoisotopic (exact) mass is 237 g/mol. The van der Waals surface area contributed by atoms with Crippen molar-refractivity contribution >= 4 is 22.1 Å². The largest absolute Gasteiger partial charge is 0.363 e. The maximum absolute atomic E-state index is 11.8. The van der Waals surface area contributed by atoms with Crippen molar-refractivity contribution in [3.63, 3.8) is 0 Å². The van der Waals surface area contributed by atoms with Crippen molar-refractivity contribution < 1.29 is 4.79 Å². The van der Waals surface area contributed by atoms with E-state index < -0.39 is 0 Å². The quantitative estimate of drug-likeness (QED) is 0.727. The molecule has 1 fully saturated rings. The van der Waals surface area contributed by atoms with E-state index >= 15 is 0 Å². The van der Waals surface area contributed by atoms with Gasteiger partial charge in [0.25, 0.3) is 0 Å². The van der Waals surface area contributed by atoms with Crippen molar-refractivity contribution in [1.82, 2.24) is 0 Å². The van der Waals surface area contributed by atoms with Gasteiger partial charge in [-0.1, -0.05) is 13.3 Å². The van der Waals surface area contributed by atoms with Gasteiger partial charge in [-0.2, -0.15) is 0 Å². The molecule has 0 spiro atoms. The minimum Gasteiger partial charge on any atom is -0.363 e. The fraction of sp³-hybridized carbons (Fsp3) is 0.615. The molecule has 2 rings (SSSR count). The second-order valence-corrected chi connectivity index (χ2v) is 5.42. The van der Waals surface area contributed by atoms with Crippen LogP contribution in [0.1, 0.15) is 48.7 Å². The Kier molecular flexibility index (Phi) is 3.99. The number of thiophene rings is 1.